The van der Waals surface area contributed by atoms with Crippen molar-refractivity contribution in [1.29, 1.82) is 0 Å². The second kappa shape index (κ2) is 11.3. The zero-order valence-electron chi connectivity index (χ0n) is 19.5. The molecule has 0 unspecified atom stereocenters. The van der Waals surface area contributed by atoms with Crippen molar-refractivity contribution in [3.8, 4) is 11.5 Å². The first-order valence-electron chi connectivity index (χ1n) is 11.0. The molecule has 35 heavy (non-hydrogen) atoms. The van der Waals surface area contributed by atoms with Crippen LogP contribution in [0.5, 0.6) is 11.5 Å². The van der Waals surface area contributed by atoms with Gasteiger partial charge in [0.15, 0.2) is 16.7 Å². The summed E-state index contributed by atoms with van der Waals surface area (Å²) in [7, 11) is 1.60. The number of carbonyl (C=O) groups excluding carboxylic acids is 1. The number of amides is 1. The van der Waals surface area contributed by atoms with Crippen molar-refractivity contribution in [3.63, 3.8) is 0 Å². The van der Waals surface area contributed by atoms with Gasteiger partial charge in [0.05, 0.1) is 17.7 Å². The average molecular weight is 505 g/mol. The lowest BCUT2D eigenvalue weighted by Gasteiger charge is -2.16. The van der Waals surface area contributed by atoms with E-state index in [-0.39, 0.29) is 5.91 Å². The van der Waals surface area contributed by atoms with E-state index in [4.69, 9.17) is 21.1 Å². The fourth-order valence-corrected chi connectivity index (χ4v) is 4.46. The summed E-state index contributed by atoms with van der Waals surface area (Å²) >= 11 is 7.29. The molecule has 0 saturated carbocycles. The Morgan fingerprint density at radius 3 is 2.54 bits per heavy atom. The SMILES string of the molecule is C=CCc1cc(/C=C2/SC(=Nc3ccc(C)cc3)NC2=O)cc(OC)c1OCc1ccc(Cl)cc1. The maximum atomic E-state index is 12.6. The third-order valence-electron chi connectivity index (χ3n) is 5.25. The van der Waals surface area contributed by atoms with Crippen LogP contribution >= 0.6 is 23.4 Å². The van der Waals surface area contributed by atoms with Crippen LogP contribution in [-0.2, 0) is 17.8 Å². The van der Waals surface area contributed by atoms with Gasteiger partial charge >= 0.3 is 0 Å². The van der Waals surface area contributed by atoms with Crippen LogP contribution in [-0.4, -0.2) is 18.2 Å². The van der Waals surface area contributed by atoms with Gasteiger partial charge in [-0.25, -0.2) is 4.99 Å². The summed E-state index contributed by atoms with van der Waals surface area (Å²) in [6.45, 7) is 6.26. The number of hydrogen-bond donors (Lipinski definition) is 1. The Hall–Kier alpha value is -3.48. The molecule has 0 aromatic heterocycles. The number of thioether (sulfide) groups is 1. The topological polar surface area (TPSA) is 59.9 Å². The predicted molar refractivity (Wildman–Crippen MR) is 145 cm³/mol. The minimum atomic E-state index is -0.187. The van der Waals surface area contributed by atoms with E-state index in [9.17, 15) is 4.79 Å². The summed E-state index contributed by atoms with van der Waals surface area (Å²) in [5.41, 5.74) is 4.68. The molecule has 1 fully saturated rings. The lowest BCUT2D eigenvalue weighted by molar-refractivity contribution is -0.115. The third kappa shape index (κ3) is 6.35. The number of halogens is 1. The minimum absolute atomic E-state index is 0.187. The van der Waals surface area contributed by atoms with Gasteiger partial charge in [0.25, 0.3) is 5.91 Å². The van der Waals surface area contributed by atoms with E-state index < -0.39 is 0 Å². The molecule has 1 aliphatic heterocycles. The van der Waals surface area contributed by atoms with Gasteiger partial charge in [-0.05, 0) is 78.7 Å². The van der Waals surface area contributed by atoms with Crippen LogP contribution in [0.3, 0.4) is 0 Å². The molecule has 4 rings (SSSR count). The number of methoxy groups -OCH3 is 1. The highest BCUT2D eigenvalue weighted by molar-refractivity contribution is 8.18. The number of ether oxygens (including phenoxy) is 2. The lowest BCUT2D eigenvalue weighted by atomic mass is 10.0. The van der Waals surface area contributed by atoms with Crippen molar-refractivity contribution < 1.29 is 14.3 Å². The first-order chi connectivity index (χ1) is 16.9. The summed E-state index contributed by atoms with van der Waals surface area (Å²) in [5, 5.41) is 4.06. The maximum absolute atomic E-state index is 12.6. The number of hydrogen-bond acceptors (Lipinski definition) is 5. The highest BCUT2D eigenvalue weighted by Crippen LogP contribution is 2.36. The number of benzene rings is 3. The van der Waals surface area contributed by atoms with Crippen LogP contribution in [0.15, 0.2) is 83.2 Å². The largest absolute Gasteiger partial charge is 0.493 e. The molecule has 0 spiro atoms. The first-order valence-corrected chi connectivity index (χ1v) is 12.2. The molecule has 1 amide bonds. The van der Waals surface area contributed by atoms with Gasteiger partial charge in [-0.15, -0.1) is 6.58 Å². The van der Waals surface area contributed by atoms with Crippen molar-refractivity contribution in [3.05, 3.63) is 106 Å². The monoisotopic (exact) mass is 504 g/mol. The van der Waals surface area contributed by atoms with Gasteiger partial charge in [-0.1, -0.05) is 47.5 Å². The normalized spacial score (nSPS) is 15.3. The van der Waals surface area contributed by atoms with Crippen molar-refractivity contribution in [1.82, 2.24) is 5.32 Å². The molecule has 5 nitrogen and oxygen atoms in total. The van der Waals surface area contributed by atoms with Gasteiger partial charge in [0.2, 0.25) is 0 Å². The molecule has 0 aliphatic carbocycles. The van der Waals surface area contributed by atoms with Crippen LogP contribution in [0.25, 0.3) is 6.08 Å². The number of amidine groups is 1. The molecule has 178 valence electrons. The van der Waals surface area contributed by atoms with Crippen LogP contribution in [0.4, 0.5) is 5.69 Å². The lowest BCUT2D eigenvalue weighted by Crippen LogP contribution is -2.19. The summed E-state index contributed by atoms with van der Waals surface area (Å²) in [6.07, 6.45) is 4.22. The van der Waals surface area contributed by atoms with E-state index in [1.54, 1.807) is 7.11 Å². The van der Waals surface area contributed by atoms with E-state index in [1.807, 2.05) is 79.7 Å². The Kier molecular flexibility index (Phi) is 7.95. The summed E-state index contributed by atoms with van der Waals surface area (Å²) in [4.78, 5) is 17.7. The zero-order valence-corrected chi connectivity index (χ0v) is 21.1. The standard InChI is InChI=1S/C28H25ClN2O3S/c1-4-5-21-14-20(15-24(33-3)26(21)34-17-19-8-10-22(29)11-9-19)16-25-27(32)31-28(35-25)30-23-12-6-18(2)7-13-23/h4,6-16H,1,5,17H2,2-3H3,(H,30,31,32)/b25-16+. The van der Waals surface area contributed by atoms with Crippen molar-refractivity contribution in [2.24, 2.45) is 4.99 Å². The summed E-state index contributed by atoms with van der Waals surface area (Å²) in [6, 6.07) is 19.2. The molecule has 0 radical (unpaired) electrons. The fraction of sp³-hybridized carbons (Fsp3) is 0.143. The number of nitrogens with one attached hydrogen (secondary N) is 1. The average Bonchev–Trinajstić information content (AvgIpc) is 3.19. The minimum Gasteiger partial charge on any atom is -0.493 e. The van der Waals surface area contributed by atoms with Crippen LogP contribution in [0.1, 0.15) is 22.3 Å². The van der Waals surface area contributed by atoms with Gasteiger partial charge in [-0.3, -0.25) is 4.79 Å². The van der Waals surface area contributed by atoms with Gasteiger partial charge < -0.3 is 14.8 Å². The Balaban J connectivity index is 1.58. The molecule has 1 aliphatic rings. The smallest absolute Gasteiger partial charge is 0.264 e. The van der Waals surface area contributed by atoms with Gasteiger partial charge in [-0.2, -0.15) is 0 Å². The number of nitrogens with zero attached hydrogens (tertiary/aromatic N) is 1. The predicted octanol–water partition coefficient (Wildman–Crippen LogP) is 6.86. The molecule has 0 atom stereocenters. The number of aliphatic imine (C=N–C) groups is 1. The van der Waals surface area contributed by atoms with E-state index in [2.05, 4.69) is 16.9 Å². The zero-order chi connectivity index (χ0) is 24.8. The Morgan fingerprint density at radius 2 is 1.86 bits per heavy atom. The Labute approximate surface area is 214 Å². The van der Waals surface area contributed by atoms with E-state index >= 15 is 0 Å². The van der Waals surface area contributed by atoms with Crippen LogP contribution in [0.2, 0.25) is 5.02 Å². The second-order valence-corrected chi connectivity index (χ2v) is 9.40. The van der Waals surface area contributed by atoms with Crippen LogP contribution in [0, 0.1) is 6.92 Å². The first kappa shape index (κ1) is 24.6. The number of aryl methyl sites for hydroxylation is 1. The molecular weight excluding hydrogens is 480 g/mol. The Morgan fingerprint density at radius 1 is 1.11 bits per heavy atom. The summed E-state index contributed by atoms with van der Waals surface area (Å²) < 4.78 is 11.8. The molecule has 1 saturated heterocycles. The molecule has 0 bridgehead atoms. The van der Waals surface area contributed by atoms with Crippen molar-refractivity contribution in [2.75, 3.05) is 7.11 Å². The van der Waals surface area contributed by atoms with E-state index in [0.717, 1.165) is 27.9 Å². The molecule has 1 heterocycles. The van der Waals surface area contributed by atoms with Crippen LogP contribution < -0.4 is 14.8 Å². The molecule has 1 N–H and O–H groups in total. The quantitative estimate of drug-likeness (QED) is 0.269. The van der Waals surface area contributed by atoms with Crippen molar-refractivity contribution in [2.45, 2.75) is 20.0 Å². The van der Waals surface area contributed by atoms with Crippen molar-refractivity contribution >= 4 is 46.2 Å². The van der Waals surface area contributed by atoms with Gasteiger partial charge in [0, 0.05) is 10.6 Å². The molecule has 7 heteroatoms. The number of carbonyl (C=O) groups is 1. The third-order valence-corrected chi connectivity index (χ3v) is 6.41. The maximum Gasteiger partial charge on any atom is 0.264 e. The van der Waals surface area contributed by atoms with E-state index in [0.29, 0.717) is 39.6 Å². The molecule has 3 aromatic rings. The highest BCUT2D eigenvalue weighted by Gasteiger charge is 2.24. The second-order valence-electron chi connectivity index (χ2n) is 7.94. The molecular formula is C28H25ClN2O3S. The highest BCUT2D eigenvalue weighted by atomic mass is 35.5. The summed E-state index contributed by atoms with van der Waals surface area (Å²) in [5.74, 6) is 1.05. The number of allylic oxidation sites excluding steroid dienone is 1. The van der Waals surface area contributed by atoms with E-state index in [1.165, 1.54) is 11.8 Å². The fourth-order valence-electron chi connectivity index (χ4n) is 3.49. The molecule has 3 aromatic carbocycles. The number of rotatable bonds is 8. The Bertz CT molecular complexity index is 1300. The van der Waals surface area contributed by atoms with Gasteiger partial charge in [0.1, 0.15) is 6.61 Å².